The number of fused-ring (bicyclic) bond motifs is 1. The molecule has 0 radical (unpaired) electrons. The summed E-state index contributed by atoms with van der Waals surface area (Å²) < 4.78 is 11.8. The quantitative estimate of drug-likeness (QED) is 0.683. The smallest absolute Gasteiger partial charge is 0.276 e. The first-order valence-corrected chi connectivity index (χ1v) is 9.33. The molecule has 0 N–H and O–H groups in total. The van der Waals surface area contributed by atoms with Crippen LogP contribution >= 0.6 is 0 Å². The molecule has 4 rings (SSSR count). The number of rotatable bonds is 5. The molecule has 1 amide bonds. The number of amides is 1. The predicted octanol–water partition coefficient (Wildman–Crippen LogP) is 2.88. The van der Waals surface area contributed by atoms with E-state index >= 15 is 0 Å². The van der Waals surface area contributed by atoms with Gasteiger partial charge >= 0.3 is 0 Å². The molecule has 7 heteroatoms. The lowest BCUT2D eigenvalue weighted by molar-refractivity contribution is 0.0470. The van der Waals surface area contributed by atoms with Crippen LogP contribution in [0.25, 0.3) is 5.69 Å². The van der Waals surface area contributed by atoms with Crippen LogP contribution in [0.4, 0.5) is 0 Å². The monoisotopic (exact) mass is 378 g/mol. The summed E-state index contributed by atoms with van der Waals surface area (Å²) in [5.41, 5.74) is 1.76. The Balaban J connectivity index is 1.50. The number of hydrogen-bond donors (Lipinski definition) is 0. The van der Waals surface area contributed by atoms with Crippen molar-refractivity contribution in [3.05, 3.63) is 66.0 Å². The van der Waals surface area contributed by atoms with Crippen LogP contribution in [0, 0.1) is 6.92 Å². The fraction of sp³-hybridized carbons (Fsp3) is 0.286. The summed E-state index contributed by atoms with van der Waals surface area (Å²) in [6.07, 6.45) is -0.233. The van der Waals surface area contributed by atoms with Gasteiger partial charge < -0.3 is 14.4 Å². The third kappa shape index (κ3) is 3.55. The van der Waals surface area contributed by atoms with Gasteiger partial charge in [0.15, 0.2) is 23.3 Å². The van der Waals surface area contributed by atoms with Crippen LogP contribution in [0.1, 0.15) is 23.1 Å². The summed E-state index contributed by atoms with van der Waals surface area (Å²) in [6.45, 7) is 5.09. The van der Waals surface area contributed by atoms with E-state index in [1.807, 2.05) is 61.5 Å². The number of likely N-dealkylation sites (N-methyl/N-ethyl adjacent to an activating group) is 1. The van der Waals surface area contributed by atoms with Crippen molar-refractivity contribution in [1.29, 1.82) is 0 Å². The summed E-state index contributed by atoms with van der Waals surface area (Å²) in [5, 5.41) is 8.82. The summed E-state index contributed by atoms with van der Waals surface area (Å²) in [4.78, 5) is 16.3. The Bertz CT molecular complexity index is 971. The van der Waals surface area contributed by atoms with Crippen molar-refractivity contribution in [3.63, 3.8) is 0 Å². The zero-order chi connectivity index (χ0) is 19.5. The Morgan fingerprint density at radius 2 is 1.82 bits per heavy atom. The van der Waals surface area contributed by atoms with Crippen LogP contribution in [0.15, 0.2) is 54.6 Å². The molecule has 0 fully saturated rings. The average Bonchev–Trinajstić information content (AvgIpc) is 3.13. The molecule has 0 aliphatic carbocycles. The highest BCUT2D eigenvalue weighted by molar-refractivity contribution is 5.93. The molecular weight excluding hydrogens is 356 g/mol. The molecule has 3 aromatic rings. The SMILES string of the molecule is CCN(CC1COc2ccccc2O1)C(=O)c1nn(-c2ccccc2)nc1C. The van der Waals surface area contributed by atoms with E-state index in [4.69, 9.17) is 9.47 Å². The molecule has 1 aliphatic rings. The molecule has 0 spiro atoms. The van der Waals surface area contributed by atoms with Crippen molar-refractivity contribution < 1.29 is 14.3 Å². The van der Waals surface area contributed by atoms with Gasteiger partial charge in [0.2, 0.25) is 0 Å². The average molecular weight is 378 g/mol. The summed E-state index contributed by atoms with van der Waals surface area (Å²) in [5.74, 6) is 1.27. The van der Waals surface area contributed by atoms with E-state index < -0.39 is 0 Å². The second-order valence-electron chi connectivity index (χ2n) is 6.60. The number of carbonyl (C=O) groups is 1. The minimum atomic E-state index is -0.233. The molecule has 0 bridgehead atoms. The van der Waals surface area contributed by atoms with Gasteiger partial charge in [0.1, 0.15) is 6.61 Å². The van der Waals surface area contributed by atoms with Gasteiger partial charge in [0.05, 0.1) is 17.9 Å². The maximum absolute atomic E-state index is 13.1. The Labute approximate surface area is 163 Å². The van der Waals surface area contributed by atoms with E-state index in [2.05, 4.69) is 10.2 Å². The van der Waals surface area contributed by atoms with Gasteiger partial charge in [0.25, 0.3) is 5.91 Å². The van der Waals surface area contributed by atoms with Gasteiger partial charge in [-0.25, -0.2) is 0 Å². The summed E-state index contributed by atoms with van der Waals surface area (Å²) >= 11 is 0. The third-order valence-corrected chi connectivity index (χ3v) is 4.63. The van der Waals surface area contributed by atoms with Gasteiger partial charge in [-0.2, -0.15) is 9.90 Å². The highest BCUT2D eigenvalue weighted by Crippen LogP contribution is 2.31. The summed E-state index contributed by atoms with van der Waals surface area (Å²) in [7, 11) is 0. The van der Waals surface area contributed by atoms with Crippen molar-refractivity contribution in [3.8, 4) is 17.2 Å². The minimum Gasteiger partial charge on any atom is -0.486 e. The maximum atomic E-state index is 13.1. The molecule has 2 aromatic carbocycles. The first kappa shape index (κ1) is 18.0. The minimum absolute atomic E-state index is 0.162. The lowest BCUT2D eigenvalue weighted by Gasteiger charge is -2.30. The fourth-order valence-corrected chi connectivity index (χ4v) is 3.16. The fourth-order valence-electron chi connectivity index (χ4n) is 3.16. The largest absolute Gasteiger partial charge is 0.486 e. The van der Waals surface area contributed by atoms with Crippen LogP contribution in [-0.4, -0.2) is 51.6 Å². The number of nitrogens with zero attached hydrogens (tertiary/aromatic N) is 4. The molecule has 1 atom stereocenters. The molecule has 1 aromatic heterocycles. The molecule has 0 saturated heterocycles. The highest BCUT2D eigenvalue weighted by Gasteiger charge is 2.27. The van der Waals surface area contributed by atoms with E-state index in [1.54, 1.807) is 11.8 Å². The van der Waals surface area contributed by atoms with Crippen molar-refractivity contribution in [2.75, 3.05) is 19.7 Å². The van der Waals surface area contributed by atoms with Crippen LogP contribution in [0.3, 0.4) is 0 Å². The standard InChI is InChI=1S/C21H22N4O3/c1-3-24(13-17-14-27-18-11-7-8-12-19(18)28-17)21(26)20-15(2)22-25(23-20)16-9-5-4-6-10-16/h4-12,17H,3,13-14H2,1-2H3. The highest BCUT2D eigenvalue weighted by atomic mass is 16.6. The van der Waals surface area contributed by atoms with E-state index in [0.717, 1.165) is 11.4 Å². The first-order chi connectivity index (χ1) is 13.7. The number of ether oxygens (including phenoxy) is 2. The normalized spacial score (nSPS) is 15.3. The molecule has 1 unspecified atom stereocenters. The first-order valence-electron chi connectivity index (χ1n) is 9.33. The van der Waals surface area contributed by atoms with E-state index in [0.29, 0.717) is 36.8 Å². The molecule has 0 saturated carbocycles. The van der Waals surface area contributed by atoms with Crippen molar-refractivity contribution in [2.45, 2.75) is 20.0 Å². The second kappa shape index (κ2) is 7.72. The van der Waals surface area contributed by atoms with Crippen LogP contribution < -0.4 is 9.47 Å². The summed E-state index contributed by atoms with van der Waals surface area (Å²) in [6, 6.07) is 17.1. The molecule has 1 aliphatic heterocycles. The lowest BCUT2D eigenvalue weighted by Crippen LogP contribution is -2.43. The van der Waals surface area contributed by atoms with Crippen molar-refractivity contribution >= 4 is 5.91 Å². The van der Waals surface area contributed by atoms with Crippen molar-refractivity contribution in [2.24, 2.45) is 0 Å². The number of carbonyl (C=O) groups excluding carboxylic acids is 1. The third-order valence-electron chi connectivity index (χ3n) is 4.63. The number of aryl methyl sites for hydroxylation is 1. The molecular formula is C21H22N4O3. The van der Waals surface area contributed by atoms with Crippen molar-refractivity contribution in [1.82, 2.24) is 19.9 Å². The molecule has 7 nitrogen and oxygen atoms in total. The second-order valence-corrected chi connectivity index (χ2v) is 6.60. The van der Waals surface area contributed by atoms with Gasteiger partial charge in [-0.1, -0.05) is 30.3 Å². The van der Waals surface area contributed by atoms with Crippen LogP contribution in [0.5, 0.6) is 11.5 Å². The Kier molecular flexibility index (Phi) is 4.97. The van der Waals surface area contributed by atoms with Gasteiger partial charge in [-0.05, 0) is 38.1 Å². The predicted molar refractivity (Wildman–Crippen MR) is 104 cm³/mol. The van der Waals surface area contributed by atoms with Gasteiger partial charge in [-0.3, -0.25) is 4.79 Å². The van der Waals surface area contributed by atoms with Gasteiger partial charge in [-0.15, -0.1) is 5.10 Å². The maximum Gasteiger partial charge on any atom is 0.276 e. The lowest BCUT2D eigenvalue weighted by atomic mass is 10.2. The Hall–Kier alpha value is -3.35. The van der Waals surface area contributed by atoms with E-state index in [1.165, 1.54) is 4.80 Å². The number of hydrogen-bond acceptors (Lipinski definition) is 5. The number of para-hydroxylation sites is 3. The van der Waals surface area contributed by atoms with E-state index in [-0.39, 0.29) is 12.0 Å². The topological polar surface area (TPSA) is 69.5 Å². The Morgan fingerprint density at radius 1 is 1.11 bits per heavy atom. The molecule has 144 valence electrons. The Morgan fingerprint density at radius 3 is 2.57 bits per heavy atom. The van der Waals surface area contributed by atoms with E-state index in [9.17, 15) is 4.79 Å². The zero-order valence-corrected chi connectivity index (χ0v) is 15.9. The molecule has 28 heavy (non-hydrogen) atoms. The van der Waals surface area contributed by atoms with Crippen LogP contribution in [-0.2, 0) is 0 Å². The number of aromatic nitrogens is 3. The van der Waals surface area contributed by atoms with Gasteiger partial charge in [0, 0.05) is 6.54 Å². The molecule has 2 heterocycles. The van der Waals surface area contributed by atoms with Crippen LogP contribution in [0.2, 0.25) is 0 Å². The number of benzene rings is 2. The zero-order valence-electron chi connectivity index (χ0n) is 15.9.